The summed E-state index contributed by atoms with van der Waals surface area (Å²) >= 11 is 0. The van der Waals surface area contributed by atoms with E-state index in [0.717, 1.165) is 31.6 Å². The van der Waals surface area contributed by atoms with Gasteiger partial charge in [-0.15, -0.1) is 0 Å². The average molecular weight is 362 g/mol. The Morgan fingerprint density at radius 3 is 2.69 bits per heavy atom. The number of carbonyl (C=O) groups is 2. The maximum Gasteiger partial charge on any atom is 0.267 e. The first kappa shape index (κ1) is 18.9. The van der Waals surface area contributed by atoms with Crippen LogP contribution in [0.15, 0.2) is 12.1 Å². The van der Waals surface area contributed by atoms with Crippen molar-refractivity contribution in [1.82, 2.24) is 19.7 Å². The molecule has 1 aromatic rings. The Balaban J connectivity index is 1.65. The van der Waals surface area contributed by atoms with Crippen LogP contribution in [-0.4, -0.2) is 72.6 Å². The predicted molar refractivity (Wildman–Crippen MR) is 99.0 cm³/mol. The molecule has 2 aliphatic rings. The summed E-state index contributed by atoms with van der Waals surface area (Å²) in [5.74, 6) is 0.152. The van der Waals surface area contributed by atoms with Crippen LogP contribution in [0.3, 0.4) is 0 Å². The molecule has 26 heavy (non-hydrogen) atoms. The number of rotatable bonds is 5. The third-order valence-electron chi connectivity index (χ3n) is 5.55. The fourth-order valence-electron chi connectivity index (χ4n) is 4.02. The fraction of sp³-hybridized carbons (Fsp3) is 0.684. The number of ether oxygens (including phenoxy) is 1. The summed E-state index contributed by atoms with van der Waals surface area (Å²) in [4.78, 5) is 28.8. The van der Waals surface area contributed by atoms with Gasteiger partial charge in [-0.2, -0.15) is 0 Å². The zero-order valence-corrected chi connectivity index (χ0v) is 15.9. The molecular formula is C19H30N4O3. The van der Waals surface area contributed by atoms with E-state index < -0.39 is 0 Å². The lowest BCUT2D eigenvalue weighted by atomic mass is 9.99. The highest BCUT2D eigenvalue weighted by atomic mass is 16.5. The van der Waals surface area contributed by atoms with Crippen LogP contribution in [0.25, 0.3) is 0 Å². The van der Waals surface area contributed by atoms with E-state index in [1.54, 1.807) is 7.05 Å². The molecule has 0 spiro atoms. The first-order valence-electron chi connectivity index (χ1n) is 9.59. The third-order valence-corrected chi connectivity index (χ3v) is 5.55. The number of hydrogen-bond acceptors (Lipinski definition) is 4. The number of nitrogens with zero attached hydrogens (tertiary/aromatic N) is 3. The van der Waals surface area contributed by atoms with Gasteiger partial charge in [-0.25, -0.2) is 0 Å². The molecule has 3 rings (SSSR count). The van der Waals surface area contributed by atoms with Gasteiger partial charge in [0.25, 0.3) is 5.91 Å². The number of aromatic nitrogens is 1. The Morgan fingerprint density at radius 1 is 1.19 bits per heavy atom. The topological polar surface area (TPSA) is 66.8 Å². The maximum atomic E-state index is 12.5. The first-order chi connectivity index (χ1) is 12.6. The molecule has 3 heterocycles. The van der Waals surface area contributed by atoms with Gasteiger partial charge >= 0.3 is 0 Å². The number of hydrogen-bond donors (Lipinski definition) is 1. The van der Waals surface area contributed by atoms with Crippen LogP contribution < -0.4 is 5.32 Å². The van der Waals surface area contributed by atoms with Crippen molar-refractivity contribution >= 4 is 11.8 Å². The van der Waals surface area contributed by atoms with Gasteiger partial charge in [0.2, 0.25) is 5.91 Å². The smallest absolute Gasteiger partial charge is 0.267 e. The van der Waals surface area contributed by atoms with Crippen molar-refractivity contribution in [2.45, 2.75) is 31.7 Å². The van der Waals surface area contributed by atoms with E-state index >= 15 is 0 Å². The summed E-state index contributed by atoms with van der Waals surface area (Å²) in [5.41, 5.74) is 1.83. The zero-order chi connectivity index (χ0) is 18.5. The van der Waals surface area contributed by atoms with E-state index in [0.29, 0.717) is 38.4 Å². The number of likely N-dealkylation sites (tertiary alicyclic amines) is 1. The molecule has 1 N–H and O–H groups in total. The van der Waals surface area contributed by atoms with Gasteiger partial charge in [0.1, 0.15) is 5.69 Å². The monoisotopic (exact) mass is 362 g/mol. The van der Waals surface area contributed by atoms with Crippen LogP contribution in [0, 0.1) is 0 Å². The average Bonchev–Trinajstić information content (AvgIpc) is 3.07. The number of amides is 2. The van der Waals surface area contributed by atoms with Crippen molar-refractivity contribution < 1.29 is 14.3 Å². The second-order valence-corrected chi connectivity index (χ2v) is 7.07. The minimum absolute atomic E-state index is 0.0661. The predicted octanol–water partition coefficient (Wildman–Crippen LogP) is 1.16. The Bertz CT molecular complexity index is 637. The lowest BCUT2D eigenvalue weighted by Gasteiger charge is -2.36. The summed E-state index contributed by atoms with van der Waals surface area (Å²) in [5, 5.41) is 2.69. The second kappa shape index (κ2) is 8.68. The van der Waals surface area contributed by atoms with Crippen LogP contribution in [0.2, 0.25) is 0 Å². The second-order valence-electron chi connectivity index (χ2n) is 7.07. The van der Waals surface area contributed by atoms with Gasteiger partial charge in [0.15, 0.2) is 0 Å². The molecule has 2 aliphatic heterocycles. The Labute approximate surface area is 155 Å². The summed E-state index contributed by atoms with van der Waals surface area (Å²) in [6.45, 7) is 4.46. The van der Waals surface area contributed by atoms with E-state index in [-0.39, 0.29) is 17.9 Å². The molecule has 0 radical (unpaired) electrons. The van der Waals surface area contributed by atoms with Crippen molar-refractivity contribution in [3.63, 3.8) is 0 Å². The summed E-state index contributed by atoms with van der Waals surface area (Å²) in [6, 6.07) is 4.21. The molecular weight excluding hydrogens is 332 g/mol. The van der Waals surface area contributed by atoms with Gasteiger partial charge in [0.05, 0.1) is 19.3 Å². The molecule has 7 heteroatoms. The highest BCUT2D eigenvalue weighted by molar-refractivity contribution is 5.92. The Hall–Kier alpha value is -1.86. The van der Waals surface area contributed by atoms with E-state index in [9.17, 15) is 9.59 Å². The SMILES string of the molecule is CNC(=O)c1ccc([C@H]2CCCCN2CCC(=O)N2CCOCC2)n1C. The van der Waals surface area contributed by atoms with Crippen molar-refractivity contribution in [3.05, 3.63) is 23.5 Å². The van der Waals surface area contributed by atoms with Crippen LogP contribution in [-0.2, 0) is 16.6 Å². The van der Waals surface area contributed by atoms with Gasteiger partial charge in [0, 0.05) is 45.8 Å². The number of nitrogens with one attached hydrogen (secondary N) is 1. The third kappa shape index (κ3) is 4.10. The van der Waals surface area contributed by atoms with Crippen LogP contribution >= 0.6 is 0 Å². The van der Waals surface area contributed by atoms with Gasteiger partial charge < -0.3 is 19.5 Å². The zero-order valence-electron chi connectivity index (χ0n) is 15.9. The number of morpholine rings is 1. The van der Waals surface area contributed by atoms with E-state index in [1.807, 2.05) is 22.6 Å². The largest absolute Gasteiger partial charge is 0.378 e. The van der Waals surface area contributed by atoms with Crippen LogP contribution in [0.4, 0.5) is 0 Å². The molecule has 2 amide bonds. The van der Waals surface area contributed by atoms with Gasteiger partial charge in [-0.05, 0) is 31.5 Å². The molecule has 2 saturated heterocycles. The van der Waals surface area contributed by atoms with Crippen LogP contribution in [0.5, 0.6) is 0 Å². The molecule has 144 valence electrons. The Kier molecular flexibility index (Phi) is 6.32. The molecule has 0 bridgehead atoms. The van der Waals surface area contributed by atoms with Crippen molar-refractivity contribution in [2.24, 2.45) is 7.05 Å². The Morgan fingerprint density at radius 2 is 1.96 bits per heavy atom. The number of piperidine rings is 1. The van der Waals surface area contributed by atoms with E-state index in [1.165, 1.54) is 6.42 Å². The maximum absolute atomic E-state index is 12.5. The first-order valence-corrected chi connectivity index (χ1v) is 9.59. The van der Waals surface area contributed by atoms with E-state index in [4.69, 9.17) is 4.74 Å². The molecule has 0 aromatic carbocycles. The molecule has 0 saturated carbocycles. The minimum atomic E-state index is -0.0661. The molecule has 7 nitrogen and oxygen atoms in total. The molecule has 1 atom stereocenters. The lowest BCUT2D eigenvalue weighted by Crippen LogP contribution is -2.43. The van der Waals surface area contributed by atoms with Crippen molar-refractivity contribution in [2.75, 3.05) is 46.4 Å². The minimum Gasteiger partial charge on any atom is -0.378 e. The van der Waals surface area contributed by atoms with E-state index in [2.05, 4.69) is 16.3 Å². The number of carbonyl (C=O) groups excluding carboxylic acids is 2. The summed E-state index contributed by atoms with van der Waals surface area (Å²) < 4.78 is 7.32. The lowest BCUT2D eigenvalue weighted by molar-refractivity contribution is -0.135. The van der Waals surface area contributed by atoms with Crippen molar-refractivity contribution in [3.8, 4) is 0 Å². The summed E-state index contributed by atoms with van der Waals surface area (Å²) in [7, 11) is 3.60. The fourth-order valence-corrected chi connectivity index (χ4v) is 4.02. The normalized spacial score (nSPS) is 21.6. The highest BCUT2D eigenvalue weighted by Crippen LogP contribution is 2.31. The highest BCUT2D eigenvalue weighted by Gasteiger charge is 2.28. The molecule has 0 unspecified atom stereocenters. The molecule has 2 fully saturated rings. The standard InChI is InChI=1S/C19H30N4O3/c1-20-19(25)17-7-6-15(21(17)2)16-5-3-4-9-22(16)10-8-18(24)23-11-13-26-14-12-23/h6-7,16H,3-5,8-14H2,1-2H3,(H,20,25)/t16-/m1/s1. The summed E-state index contributed by atoms with van der Waals surface area (Å²) in [6.07, 6.45) is 3.95. The molecule has 0 aliphatic carbocycles. The van der Waals surface area contributed by atoms with Crippen LogP contribution in [0.1, 0.15) is 47.9 Å². The van der Waals surface area contributed by atoms with Crippen molar-refractivity contribution in [1.29, 1.82) is 0 Å². The molecule has 1 aromatic heterocycles. The van der Waals surface area contributed by atoms with Gasteiger partial charge in [-0.3, -0.25) is 14.5 Å². The van der Waals surface area contributed by atoms with Gasteiger partial charge in [-0.1, -0.05) is 6.42 Å². The quantitative estimate of drug-likeness (QED) is 0.854.